The lowest BCUT2D eigenvalue weighted by molar-refractivity contribution is -0.132. The smallest absolute Gasteiger partial charge is 0.245 e. The zero-order chi connectivity index (χ0) is 33.1. The van der Waals surface area contributed by atoms with Crippen molar-refractivity contribution < 1.29 is 18.3 Å². The molecule has 6 heterocycles. The second-order valence-electron chi connectivity index (χ2n) is 12.3. The van der Waals surface area contributed by atoms with Crippen LogP contribution in [0.5, 0.6) is 0 Å². The van der Waals surface area contributed by atoms with Gasteiger partial charge in [-0.05, 0) is 43.7 Å². The number of ether oxygens (including phenoxy) is 1. The van der Waals surface area contributed by atoms with Gasteiger partial charge >= 0.3 is 0 Å². The van der Waals surface area contributed by atoms with Crippen molar-refractivity contribution in [2.75, 3.05) is 37.5 Å². The van der Waals surface area contributed by atoms with Crippen LogP contribution in [0, 0.1) is 18.6 Å². The van der Waals surface area contributed by atoms with Crippen LogP contribution in [-0.4, -0.2) is 90.5 Å². The molecule has 0 spiro atoms. The molecule has 4 aromatic heterocycles. The average molecular weight is 651 g/mol. The van der Waals surface area contributed by atoms with E-state index >= 15 is 0 Å². The molecule has 2 aliphatic heterocycles. The maximum Gasteiger partial charge on any atom is 0.245 e. The Morgan fingerprint density at radius 3 is 2.69 bits per heavy atom. The number of anilines is 2. The van der Waals surface area contributed by atoms with Crippen molar-refractivity contribution in [3.63, 3.8) is 0 Å². The normalized spacial score (nSPS) is 19.9. The number of amides is 1. The van der Waals surface area contributed by atoms with Gasteiger partial charge in [-0.25, -0.2) is 33.4 Å². The van der Waals surface area contributed by atoms with Gasteiger partial charge in [0.05, 0.1) is 41.0 Å². The molecular formula is C34H32F2N10O2. The second-order valence-corrected chi connectivity index (χ2v) is 12.3. The van der Waals surface area contributed by atoms with E-state index in [9.17, 15) is 13.6 Å². The molecule has 0 unspecified atom stereocenters. The van der Waals surface area contributed by atoms with Crippen molar-refractivity contribution >= 4 is 39.6 Å². The Hall–Kier alpha value is -5.50. The highest BCUT2D eigenvalue weighted by Crippen LogP contribution is 2.34. The lowest BCUT2D eigenvalue weighted by atomic mass is 10.1. The Balaban J connectivity index is 1.22. The fraction of sp³-hybridized carbons (Fsp3) is 0.294. The number of carbonyl (C=O) groups excluding carboxylic acids is 1. The molecule has 0 radical (unpaired) electrons. The van der Waals surface area contributed by atoms with E-state index < -0.39 is 17.7 Å². The molecule has 4 bridgehead atoms. The molecule has 244 valence electrons. The fourth-order valence-corrected chi connectivity index (χ4v) is 6.96. The lowest BCUT2D eigenvalue weighted by Gasteiger charge is -2.30. The number of rotatable bonds is 3. The molecule has 8 rings (SSSR count). The minimum atomic E-state index is -0.773. The summed E-state index contributed by atoms with van der Waals surface area (Å²) in [5.41, 5.74) is 3.97. The van der Waals surface area contributed by atoms with E-state index in [1.165, 1.54) is 23.1 Å². The predicted octanol–water partition coefficient (Wildman–Crippen LogP) is 4.36. The van der Waals surface area contributed by atoms with Gasteiger partial charge in [-0.1, -0.05) is 18.2 Å². The summed E-state index contributed by atoms with van der Waals surface area (Å²) in [5.74, 6) is 0.436. The number of imidazole rings is 1. The zero-order valence-electron chi connectivity index (χ0n) is 26.5. The van der Waals surface area contributed by atoms with Crippen molar-refractivity contribution in [1.82, 2.24) is 39.2 Å². The molecule has 2 aromatic carbocycles. The van der Waals surface area contributed by atoms with Gasteiger partial charge in [0.25, 0.3) is 0 Å². The number of nitrogens with zero attached hydrogens (tertiary/aromatic N) is 9. The summed E-state index contributed by atoms with van der Waals surface area (Å²) in [7, 11) is 3.43. The van der Waals surface area contributed by atoms with E-state index in [1.807, 2.05) is 48.2 Å². The van der Waals surface area contributed by atoms with Crippen LogP contribution in [0.1, 0.15) is 12.2 Å². The molecule has 48 heavy (non-hydrogen) atoms. The molecule has 6 aromatic rings. The van der Waals surface area contributed by atoms with Gasteiger partial charge in [-0.15, -0.1) is 0 Å². The van der Waals surface area contributed by atoms with E-state index in [1.54, 1.807) is 25.3 Å². The molecule has 0 aliphatic carbocycles. The van der Waals surface area contributed by atoms with Crippen LogP contribution in [-0.2, 0) is 16.1 Å². The molecule has 1 amide bonds. The summed E-state index contributed by atoms with van der Waals surface area (Å²) in [6.45, 7) is 3.21. The number of likely N-dealkylation sites (N-methyl/N-ethyl adjacent to an activating group) is 1. The Morgan fingerprint density at radius 1 is 1.00 bits per heavy atom. The van der Waals surface area contributed by atoms with Crippen LogP contribution < -0.4 is 10.2 Å². The molecule has 1 fully saturated rings. The first-order chi connectivity index (χ1) is 23.3. The first-order valence-corrected chi connectivity index (χ1v) is 15.7. The molecule has 1 N–H and O–H groups in total. The van der Waals surface area contributed by atoms with Crippen LogP contribution >= 0.6 is 0 Å². The number of methoxy groups -OCH3 is 1. The second kappa shape index (κ2) is 11.6. The van der Waals surface area contributed by atoms with E-state index in [0.29, 0.717) is 48.7 Å². The number of pyridine rings is 1. The molecule has 12 nitrogen and oxygen atoms in total. The number of halogens is 2. The number of aromatic nitrogens is 7. The topological polar surface area (TPSA) is 119 Å². The van der Waals surface area contributed by atoms with E-state index in [0.717, 1.165) is 34.2 Å². The number of hydrogen-bond acceptors (Lipinski definition) is 9. The fourth-order valence-electron chi connectivity index (χ4n) is 6.96. The van der Waals surface area contributed by atoms with Crippen LogP contribution in [0.25, 0.3) is 39.0 Å². The van der Waals surface area contributed by atoms with Crippen LogP contribution in [0.2, 0.25) is 0 Å². The van der Waals surface area contributed by atoms with Gasteiger partial charge in [0, 0.05) is 44.9 Å². The van der Waals surface area contributed by atoms with Crippen molar-refractivity contribution in [3.8, 4) is 16.9 Å². The van der Waals surface area contributed by atoms with Gasteiger partial charge in [0.15, 0.2) is 11.5 Å². The third-order valence-corrected chi connectivity index (χ3v) is 9.25. The van der Waals surface area contributed by atoms with Crippen LogP contribution in [0.15, 0.2) is 67.1 Å². The average Bonchev–Trinajstić information content (AvgIpc) is 3.79. The standard InChI is InChI=1S/C34H32F2N10O2/c1-19-40-27-8-4-6-23-26-7-5-9-30(42-26)41-21-13-29(34(47)43(2)16-22(48-3)17-44(19)31(23)27)45(15-21)32-24-14-39-46(33(24)38-18-37-32)28-11-10-20(35)12-25(28)36/h4-12,14,18,21-22,29H,13,15-17H2,1-3H3,(H,41,42)/t21-,22+,29-/m0/s1. The lowest BCUT2D eigenvalue weighted by Crippen LogP contribution is -2.47. The number of benzene rings is 2. The highest BCUT2D eigenvalue weighted by molar-refractivity contribution is 5.93. The molecule has 3 atom stereocenters. The van der Waals surface area contributed by atoms with Crippen molar-refractivity contribution in [1.29, 1.82) is 0 Å². The molecular weight excluding hydrogens is 618 g/mol. The highest BCUT2D eigenvalue weighted by Gasteiger charge is 2.41. The van der Waals surface area contributed by atoms with Gasteiger partial charge in [0.1, 0.15) is 41.3 Å². The highest BCUT2D eigenvalue weighted by atomic mass is 19.1. The monoisotopic (exact) mass is 650 g/mol. The van der Waals surface area contributed by atoms with Gasteiger partial charge in [-0.3, -0.25) is 4.79 Å². The van der Waals surface area contributed by atoms with Crippen molar-refractivity contribution in [2.24, 2.45) is 0 Å². The van der Waals surface area contributed by atoms with E-state index in [4.69, 9.17) is 14.7 Å². The summed E-state index contributed by atoms with van der Waals surface area (Å²) in [4.78, 5) is 36.8. The third kappa shape index (κ3) is 4.99. The Morgan fingerprint density at radius 2 is 1.85 bits per heavy atom. The van der Waals surface area contributed by atoms with Gasteiger partial charge < -0.3 is 24.4 Å². The van der Waals surface area contributed by atoms with Gasteiger partial charge in [0.2, 0.25) is 5.91 Å². The quantitative estimate of drug-likeness (QED) is 0.298. The van der Waals surface area contributed by atoms with E-state index in [2.05, 4.69) is 25.0 Å². The first-order valence-electron chi connectivity index (χ1n) is 15.7. The minimum Gasteiger partial charge on any atom is -0.378 e. The summed E-state index contributed by atoms with van der Waals surface area (Å²) >= 11 is 0. The SMILES string of the molecule is CO[C@@H]1CN(C)C(=O)[C@@H]2C[C@@H](CN2c2ncnc3c2cnn3-c2ccc(F)cc2F)Nc2cccc(n2)-c2cccc3nc(C)n(c23)C1. The number of fused-ring (bicyclic) bond motifs is 6. The number of para-hydroxylation sites is 1. The Kier molecular flexibility index (Phi) is 7.24. The zero-order valence-corrected chi connectivity index (χ0v) is 26.5. The number of carbonyl (C=O) groups is 1. The van der Waals surface area contributed by atoms with Gasteiger partial charge in [-0.2, -0.15) is 5.10 Å². The van der Waals surface area contributed by atoms with Crippen LogP contribution in [0.3, 0.4) is 0 Å². The minimum absolute atomic E-state index is 0.0503. The summed E-state index contributed by atoms with van der Waals surface area (Å²) < 4.78 is 37.9. The summed E-state index contributed by atoms with van der Waals surface area (Å²) in [6, 6.07) is 14.4. The Bertz CT molecular complexity index is 2200. The molecule has 1 saturated heterocycles. The largest absolute Gasteiger partial charge is 0.378 e. The number of aryl methyl sites for hydroxylation is 1. The number of hydrogen-bond donors (Lipinski definition) is 1. The molecule has 14 heteroatoms. The Labute approximate surface area is 274 Å². The van der Waals surface area contributed by atoms with Crippen molar-refractivity contribution in [3.05, 3.63) is 84.6 Å². The summed E-state index contributed by atoms with van der Waals surface area (Å²) in [5, 5.41) is 8.48. The maximum atomic E-state index is 14.8. The third-order valence-electron chi connectivity index (χ3n) is 9.25. The molecule has 0 saturated carbocycles. The maximum absolute atomic E-state index is 14.8. The first kappa shape index (κ1) is 29.9. The summed E-state index contributed by atoms with van der Waals surface area (Å²) in [6.07, 6.45) is 3.05. The van der Waals surface area contributed by atoms with Crippen LogP contribution in [0.4, 0.5) is 20.4 Å². The van der Waals surface area contributed by atoms with Crippen molar-refractivity contribution in [2.45, 2.75) is 38.1 Å². The molecule has 2 aliphatic rings. The number of nitrogens with one attached hydrogen (secondary N) is 1. The van der Waals surface area contributed by atoms with E-state index in [-0.39, 0.29) is 23.7 Å². The predicted molar refractivity (Wildman–Crippen MR) is 176 cm³/mol.